The Morgan fingerprint density at radius 2 is 1.89 bits per heavy atom. The third kappa shape index (κ3) is 3.94. The second-order valence-corrected chi connectivity index (χ2v) is 6.55. The molecular weight excluding hydrogens is 413 g/mol. The van der Waals surface area contributed by atoms with Crippen LogP contribution in [0.1, 0.15) is 22.5 Å². The standard InChI is InChI=1S/C18H14Cl2F2N4O2/c1-26-16(14(18(27)24-23)15(25-26)17(21)22)9-2-5-11(6-3-9)28-13-7-4-10(19)8-12(13)20/h2-8,17H,23H2,1H3,(H,24,27). The molecule has 0 fully saturated rings. The molecule has 0 aliphatic rings. The van der Waals surface area contributed by atoms with E-state index in [1.165, 1.54) is 11.7 Å². The smallest absolute Gasteiger partial charge is 0.282 e. The molecule has 0 atom stereocenters. The first-order chi connectivity index (χ1) is 13.3. The average Bonchev–Trinajstić information content (AvgIpc) is 3.01. The van der Waals surface area contributed by atoms with Gasteiger partial charge in [0.15, 0.2) is 0 Å². The van der Waals surface area contributed by atoms with Crippen molar-refractivity contribution in [2.24, 2.45) is 12.9 Å². The summed E-state index contributed by atoms with van der Waals surface area (Å²) in [4.78, 5) is 12.0. The maximum Gasteiger partial charge on any atom is 0.282 e. The van der Waals surface area contributed by atoms with Crippen LogP contribution < -0.4 is 16.0 Å². The Labute approximate surface area is 168 Å². The van der Waals surface area contributed by atoms with E-state index in [4.69, 9.17) is 33.8 Å². The first-order valence-corrected chi connectivity index (χ1v) is 8.66. The Hall–Kier alpha value is -2.68. The highest BCUT2D eigenvalue weighted by atomic mass is 35.5. The fourth-order valence-electron chi connectivity index (χ4n) is 2.69. The zero-order valence-corrected chi connectivity index (χ0v) is 15.9. The van der Waals surface area contributed by atoms with E-state index in [2.05, 4.69) is 5.10 Å². The summed E-state index contributed by atoms with van der Waals surface area (Å²) < 4.78 is 33.4. The molecule has 1 amide bonds. The number of alkyl halides is 2. The number of nitrogen functional groups attached to an aromatic ring is 1. The van der Waals surface area contributed by atoms with Crippen molar-refractivity contribution in [1.29, 1.82) is 0 Å². The van der Waals surface area contributed by atoms with E-state index in [1.54, 1.807) is 42.5 Å². The molecule has 3 N–H and O–H groups in total. The molecule has 0 spiro atoms. The van der Waals surface area contributed by atoms with Gasteiger partial charge in [-0.05, 0) is 42.5 Å². The zero-order valence-electron chi connectivity index (χ0n) is 14.4. The second-order valence-electron chi connectivity index (χ2n) is 5.71. The van der Waals surface area contributed by atoms with E-state index in [0.717, 1.165) is 0 Å². The Morgan fingerprint density at radius 1 is 1.21 bits per heavy atom. The fourth-order valence-corrected chi connectivity index (χ4v) is 3.14. The van der Waals surface area contributed by atoms with Gasteiger partial charge in [-0.15, -0.1) is 0 Å². The molecular formula is C18H14Cl2F2N4O2. The van der Waals surface area contributed by atoms with Crippen LogP contribution in [-0.2, 0) is 7.05 Å². The van der Waals surface area contributed by atoms with Crippen LogP contribution in [0, 0.1) is 0 Å². The molecule has 1 aromatic heterocycles. The number of hydrazine groups is 1. The molecule has 0 radical (unpaired) electrons. The van der Waals surface area contributed by atoms with E-state index in [0.29, 0.717) is 27.1 Å². The van der Waals surface area contributed by atoms with Crippen LogP contribution in [0.2, 0.25) is 10.0 Å². The second kappa shape index (κ2) is 8.14. The number of nitrogens with one attached hydrogen (secondary N) is 1. The lowest BCUT2D eigenvalue weighted by Gasteiger charge is -2.10. The van der Waals surface area contributed by atoms with Crippen LogP contribution in [0.25, 0.3) is 11.3 Å². The molecule has 0 saturated heterocycles. The normalized spacial score (nSPS) is 11.0. The van der Waals surface area contributed by atoms with Crippen molar-refractivity contribution in [2.75, 3.05) is 0 Å². The third-order valence-corrected chi connectivity index (χ3v) is 4.42. The van der Waals surface area contributed by atoms with Gasteiger partial charge in [-0.3, -0.25) is 14.9 Å². The highest BCUT2D eigenvalue weighted by Crippen LogP contribution is 2.34. The lowest BCUT2D eigenvalue weighted by atomic mass is 10.0. The summed E-state index contributed by atoms with van der Waals surface area (Å²) in [6.07, 6.45) is -2.93. The van der Waals surface area contributed by atoms with Crippen molar-refractivity contribution < 1.29 is 18.3 Å². The number of benzene rings is 2. The molecule has 0 bridgehead atoms. The van der Waals surface area contributed by atoms with E-state index in [-0.39, 0.29) is 11.3 Å². The number of amides is 1. The van der Waals surface area contributed by atoms with Crippen molar-refractivity contribution in [3.8, 4) is 22.8 Å². The Bertz CT molecular complexity index is 1020. The third-order valence-electron chi connectivity index (χ3n) is 3.89. The number of aromatic nitrogens is 2. The lowest BCUT2D eigenvalue weighted by Crippen LogP contribution is -2.31. The van der Waals surface area contributed by atoms with E-state index in [1.807, 2.05) is 5.43 Å². The zero-order chi connectivity index (χ0) is 20.4. The van der Waals surface area contributed by atoms with Gasteiger partial charge in [0, 0.05) is 17.6 Å². The highest BCUT2D eigenvalue weighted by Gasteiger charge is 2.28. The summed E-state index contributed by atoms with van der Waals surface area (Å²) >= 11 is 11.9. The van der Waals surface area contributed by atoms with Crippen molar-refractivity contribution in [1.82, 2.24) is 15.2 Å². The Balaban J connectivity index is 1.96. The van der Waals surface area contributed by atoms with Crippen LogP contribution in [0.15, 0.2) is 42.5 Å². The molecule has 10 heteroatoms. The van der Waals surface area contributed by atoms with Gasteiger partial charge in [0.2, 0.25) is 0 Å². The van der Waals surface area contributed by atoms with Gasteiger partial charge in [0.25, 0.3) is 12.3 Å². The van der Waals surface area contributed by atoms with Crippen LogP contribution in [0.5, 0.6) is 11.5 Å². The monoisotopic (exact) mass is 426 g/mol. The largest absolute Gasteiger partial charge is 0.456 e. The van der Waals surface area contributed by atoms with Crippen molar-refractivity contribution in [3.05, 3.63) is 63.8 Å². The van der Waals surface area contributed by atoms with Gasteiger partial charge < -0.3 is 4.74 Å². The van der Waals surface area contributed by atoms with Crippen molar-refractivity contribution >= 4 is 29.1 Å². The molecule has 3 rings (SSSR count). The average molecular weight is 427 g/mol. The number of halogens is 4. The number of ether oxygens (including phenoxy) is 1. The summed E-state index contributed by atoms with van der Waals surface area (Å²) in [5.41, 5.74) is 1.64. The summed E-state index contributed by atoms with van der Waals surface area (Å²) in [6, 6.07) is 11.2. The predicted molar refractivity (Wildman–Crippen MR) is 102 cm³/mol. The summed E-state index contributed by atoms with van der Waals surface area (Å²) in [7, 11) is 1.46. The molecule has 0 aliphatic carbocycles. The molecule has 0 aliphatic heterocycles. The number of hydrogen-bond donors (Lipinski definition) is 2. The molecule has 2 aromatic carbocycles. The van der Waals surface area contributed by atoms with Gasteiger partial charge in [0.1, 0.15) is 17.2 Å². The van der Waals surface area contributed by atoms with Crippen molar-refractivity contribution in [2.45, 2.75) is 6.43 Å². The molecule has 0 saturated carbocycles. The van der Waals surface area contributed by atoms with Gasteiger partial charge in [0.05, 0.1) is 16.3 Å². The minimum absolute atomic E-state index is 0.203. The van der Waals surface area contributed by atoms with E-state index >= 15 is 0 Å². The van der Waals surface area contributed by atoms with Crippen molar-refractivity contribution in [3.63, 3.8) is 0 Å². The molecule has 6 nitrogen and oxygen atoms in total. The molecule has 1 heterocycles. The number of hydrogen-bond acceptors (Lipinski definition) is 4. The Kier molecular flexibility index (Phi) is 5.83. The highest BCUT2D eigenvalue weighted by molar-refractivity contribution is 6.35. The summed E-state index contributed by atoms with van der Waals surface area (Å²) in [6.45, 7) is 0. The summed E-state index contributed by atoms with van der Waals surface area (Å²) in [5.74, 6) is 5.14. The maximum atomic E-state index is 13.3. The topological polar surface area (TPSA) is 82.2 Å². The SMILES string of the molecule is Cn1nc(C(F)F)c(C(=O)NN)c1-c1ccc(Oc2ccc(Cl)cc2Cl)cc1. The minimum Gasteiger partial charge on any atom is -0.456 e. The quantitative estimate of drug-likeness (QED) is 0.351. The van der Waals surface area contributed by atoms with Gasteiger partial charge in [-0.2, -0.15) is 5.10 Å². The van der Waals surface area contributed by atoms with Gasteiger partial charge in [-0.25, -0.2) is 14.6 Å². The summed E-state index contributed by atoms with van der Waals surface area (Å²) in [5, 5.41) is 4.57. The first kappa shape index (κ1) is 20.1. The molecule has 28 heavy (non-hydrogen) atoms. The first-order valence-electron chi connectivity index (χ1n) is 7.91. The van der Waals surface area contributed by atoms with Gasteiger partial charge in [-0.1, -0.05) is 23.2 Å². The number of aryl methyl sites for hydroxylation is 1. The number of rotatable bonds is 5. The van der Waals surface area contributed by atoms with Crippen LogP contribution in [0.3, 0.4) is 0 Å². The number of carbonyl (C=O) groups is 1. The van der Waals surface area contributed by atoms with Crippen LogP contribution >= 0.6 is 23.2 Å². The number of carbonyl (C=O) groups excluding carboxylic acids is 1. The molecule has 146 valence electrons. The van der Waals surface area contributed by atoms with Gasteiger partial charge >= 0.3 is 0 Å². The predicted octanol–water partition coefficient (Wildman–Crippen LogP) is 4.73. The number of nitrogens with zero attached hydrogens (tertiary/aromatic N) is 2. The molecule has 0 unspecified atom stereocenters. The van der Waals surface area contributed by atoms with E-state index in [9.17, 15) is 13.6 Å². The maximum absolute atomic E-state index is 13.3. The minimum atomic E-state index is -2.93. The van der Waals surface area contributed by atoms with E-state index < -0.39 is 18.0 Å². The van der Waals surface area contributed by atoms with Crippen LogP contribution in [-0.4, -0.2) is 15.7 Å². The Morgan fingerprint density at radius 3 is 2.46 bits per heavy atom. The lowest BCUT2D eigenvalue weighted by molar-refractivity contribution is 0.0939. The number of nitrogens with two attached hydrogens (primary N) is 1. The van der Waals surface area contributed by atoms with Crippen LogP contribution in [0.4, 0.5) is 8.78 Å². The fraction of sp³-hybridized carbons (Fsp3) is 0.111. The molecule has 3 aromatic rings.